The average molecular weight is 329 g/mol. The van der Waals surface area contributed by atoms with E-state index in [1.807, 2.05) is 24.3 Å². The van der Waals surface area contributed by atoms with Gasteiger partial charge in [0, 0.05) is 23.7 Å². The average Bonchev–Trinajstić information content (AvgIpc) is 2.58. The highest BCUT2D eigenvalue weighted by Gasteiger charge is 2.15. The number of nitrogen functional groups attached to an aromatic ring is 1. The Bertz CT molecular complexity index is 686. The number of ether oxygens (including phenoxy) is 2. The molecule has 5 nitrogen and oxygen atoms in total. The second-order valence-electron chi connectivity index (χ2n) is 6.23. The molecule has 24 heavy (non-hydrogen) atoms. The van der Waals surface area contributed by atoms with Crippen molar-refractivity contribution in [1.29, 1.82) is 0 Å². The minimum atomic E-state index is 0.413. The van der Waals surface area contributed by atoms with Crippen LogP contribution in [0.4, 0.5) is 5.82 Å². The van der Waals surface area contributed by atoms with Gasteiger partial charge < -0.3 is 20.5 Å². The van der Waals surface area contributed by atoms with Gasteiger partial charge in [-0.05, 0) is 37.1 Å². The smallest absolute Gasteiger partial charge is 0.128 e. The number of benzene rings is 1. The normalized spacial score (nSPS) is 12.2. The van der Waals surface area contributed by atoms with Crippen molar-refractivity contribution in [3.63, 3.8) is 0 Å². The zero-order valence-corrected chi connectivity index (χ0v) is 15.1. The Kier molecular flexibility index (Phi) is 6.04. The lowest BCUT2D eigenvalue weighted by atomic mass is 10.0. The Labute approximate surface area is 144 Å². The summed E-state index contributed by atoms with van der Waals surface area (Å²) in [6, 6.07) is 9.92. The molecule has 130 valence electrons. The van der Waals surface area contributed by atoms with E-state index in [-0.39, 0.29) is 0 Å². The van der Waals surface area contributed by atoms with Gasteiger partial charge in [-0.1, -0.05) is 19.9 Å². The lowest BCUT2D eigenvalue weighted by Gasteiger charge is -2.20. The van der Waals surface area contributed by atoms with Crippen LogP contribution < -0.4 is 20.5 Å². The van der Waals surface area contributed by atoms with E-state index >= 15 is 0 Å². The van der Waals surface area contributed by atoms with Crippen LogP contribution in [-0.4, -0.2) is 25.2 Å². The topological polar surface area (TPSA) is 69.4 Å². The molecule has 0 aliphatic heterocycles. The van der Waals surface area contributed by atoms with Crippen LogP contribution in [-0.2, 0) is 6.54 Å². The van der Waals surface area contributed by atoms with Gasteiger partial charge in [-0.25, -0.2) is 4.98 Å². The second kappa shape index (κ2) is 8.02. The van der Waals surface area contributed by atoms with Gasteiger partial charge in [0.1, 0.15) is 17.3 Å². The highest BCUT2D eigenvalue weighted by atomic mass is 16.5. The van der Waals surface area contributed by atoms with Crippen molar-refractivity contribution in [2.24, 2.45) is 5.92 Å². The van der Waals surface area contributed by atoms with Crippen LogP contribution in [0.25, 0.3) is 11.3 Å². The molecule has 5 heteroatoms. The summed E-state index contributed by atoms with van der Waals surface area (Å²) in [6.07, 6.45) is 0. The SMILES string of the molecule is COc1cc(-c2cccc(N)n2)c(OC)cc1CNC(C)C(C)C. The lowest BCUT2D eigenvalue weighted by molar-refractivity contribution is 0.388. The number of nitrogens with two attached hydrogens (primary N) is 1. The molecular weight excluding hydrogens is 302 g/mol. The maximum atomic E-state index is 5.80. The highest BCUT2D eigenvalue weighted by Crippen LogP contribution is 2.35. The van der Waals surface area contributed by atoms with Crippen LogP contribution in [0, 0.1) is 5.92 Å². The number of methoxy groups -OCH3 is 2. The number of hydrogen-bond acceptors (Lipinski definition) is 5. The molecule has 0 aliphatic carbocycles. The predicted octanol–water partition coefficient (Wildman–Crippen LogP) is 3.48. The van der Waals surface area contributed by atoms with Gasteiger partial charge in [-0.2, -0.15) is 0 Å². The first kappa shape index (κ1) is 18.1. The first-order valence-electron chi connectivity index (χ1n) is 8.17. The molecular formula is C19H27N3O2. The summed E-state index contributed by atoms with van der Waals surface area (Å²) in [4.78, 5) is 4.38. The first-order chi connectivity index (χ1) is 11.5. The molecule has 0 spiro atoms. The van der Waals surface area contributed by atoms with Crippen LogP contribution in [0.15, 0.2) is 30.3 Å². The predicted molar refractivity (Wildman–Crippen MR) is 98.3 cm³/mol. The molecule has 0 fully saturated rings. The molecule has 0 aliphatic rings. The Balaban J connectivity index is 2.38. The van der Waals surface area contributed by atoms with Crippen LogP contribution in [0.5, 0.6) is 11.5 Å². The summed E-state index contributed by atoms with van der Waals surface area (Å²) in [5, 5.41) is 3.52. The van der Waals surface area contributed by atoms with E-state index in [1.165, 1.54) is 0 Å². The van der Waals surface area contributed by atoms with E-state index in [9.17, 15) is 0 Å². The lowest BCUT2D eigenvalue weighted by Crippen LogP contribution is -2.30. The summed E-state index contributed by atoms with van der Waals surface area (Å²) in [6.45, 7) is 7.29. The van der Waals surface area contributed by atoms with Gasteiger partial charge in [-0.15, -0.1) is 0 Å². The third-order valence-corrected chi connectivity index (χ3v) is 4.26. The van der Waals surface area contributed by atoms with Crippen molar-refractivity contribution in [1.82, 2.24) is 10.3 Å². The quantitative estimate of drug-likeness (QED) is 0.814. The summed E-state index contributed by atoms with van der Waals surface area (Å²) in [7, 11) is 3.33. The fourth-order valence-electron chi connectivity index (χ4n) is 2.41. The summed E-state index contributed by atoms with van der Waals surface area (Å²) >= 11 is 0. The van der Waals surface area contributed by atoms with Crippen molar-refractivity contribution in [3.8, 4) is 22.8 Å². The van der Waals surface area contributed by atoms with E-state index < -0.39 is 0 Å². The molecule has 3 N–H and O–H groups in total. The van der Waals surface area contributed by atoms with E-state index in [0.29, 0.717) is 24.3 Å². The van der Waals surface area contributed by atoms with Gasteiger partial charge in [0.05, 0.1) is 19.9 Å². The molecule has 2 rings (SSSR count). The standard InChI is InChI=1S/C19H27N3O2/c1-12(2)13(3)21-11-14-9-18(24-5)15(10-17(14)23-4)16-7-6-8-19(20)22-16/h6-10,12-13,21H,11H2,1-5H3,(H2,20,22). The van der Waals surface area contributed by atoms with Gasteiger partial charge in [0.25, 0.3) is 0 Å². The number of anilines is 1. The monoisotopic (exact) mass is 329 g/mol. The van der Waals surface area contributed by atoms with Gasteiger partial charge in [0.15, 0.2) is 0 Å². The van der Waals surface area contributed by atoms with E-state index in [4.69, 9.17) is 15.2 Å². The van der Waals surface area contributed by atoms with Crippen molar-refractivity contribution in [2.45, 2.75) is 33.4 Å². The van der Waals surface area contributed by atoms with Crippen LogP contribution in [0.1, 0.15) is 26.3 Å². The van der Waals surface area contributed by atoms with E-state index in [0.717, 1.165) is 28.3 Å². The number of rotatable bonds is 7. The maximum absolute atomic E-state index is 5.80. The summed E-state index contributed by atoms with van der Waals surface area (Å²) < 4.78 is 11.1. The maximum Gasteiger partial charge on any atom is 0.128 e. The minimum Gasteiger partial charge on any atom is -0.496 e. The Morgan fingerprint density at radius 3 is 2.38 bits per heavy atom. The fourth-order valence-corrected chi connectivity index (χ4v) is 2.41. The highest BCUT2D eigenvalue weighted by molar-refractivity contribution is 5.71. The van der Waals surface area contributed by atoms with Crippen molar-refractivity contribution in [2.75, 3.05) is 20.0 Å². The minimum absolute atomic E-state index is 0.413. The Morgan fingerprint density at radius 2 is 1.79 bits per heavy atom. The molecule has 1 aromatic heterocycles. The Morgan fingerprint density at radius 1 is 1.08 bits per heavy atom. The van der Waals surface area contributed by atoms with Crippen LogP contribution in [0.3, 0.4) is 0 Å². The molecule has 0 radical (unpaired) electrons. The van der Waals surface area contributed by atoms with Crippen LogP contribution in [0.2, 0.25) is 0 Å². The van der Waals surface area contributed by atoms with Crippen molar-refractivity contribution >= 4 is 5.82 Å². The zero-order chi connectivity index (χ0) is 17.7. The van der Waals surface area contributed by atoms with Crippen molar-refractivity contribution < 1.29 is 9.47 Å². The van der Waals surface area contributed by atoms with Gasteiger partial charge >= 0.3 is 0 Å². The number of hydrogen-bond donors (Lipinski definition) is 2. The molecule has 0 bridgehead atoms. The molecule has 0 amide bonds. The Hall–Kier alpha value is -2.27. The summed E-state index contributed by atoms with van der Waals surface area (Å²) in [5.74, 6) is 2.60. The van der Waals surface area contributed by atoms with Crippen molar-refractivity contribution in [3.05, 3.63) is 35.9 Å². The molecule has 1 atom stereocenters. The molecule has 0 saturated heterocycles. The molecule has 1 unspecified atom stereocenters. The van der Waals surface area contributed by atoms with E-state index in [2.05, 4.69) is 31.1 Å². The molecule has 0 saturated carbocycles. The fraction of sp³-hybridized carbons (Fsp3) is 0.421. The largest absolute Gasteiger partial charge is 0.496 e. The number of pyridine rings is 1. The van der Waals surface area contributed by atoms with Gasteiger partial charge in [0.2, 0.25) is 0 Å². The van der Waals surface area contributed by atoms with Crippen LogP contribution >= 0.6 is 0 Å². The summed E-state index contributed by atoms with van der Waals surface area (Å²) in [5.41, 5.74) is 8.48. The van der Waals surface area contributed by atoms with Gasteiger partial charge in [-0.3, -0.25) is 0 Å². The number of nitrogens with zero attached hydrogens (tertiary/aromatic N) is 1. The molecule has 2 aromatic rings. The third kappa shape index (κ3) is 4.17. The zero-order valence-electron chi connectivity index (χ0n) is 15.1. The third-order valence-electron chi connectivity index (χ3n) is 4.26. The van der Waals surface area contributed by atoms with E-state index in [1.54, 1.807) is 20.3 Å². The second-order valence-corrected chi connectivity index (χ2v) is 6.23. The molecule has 1 aromatic carbocycles. The number of nitrogens with one attached hydrogen (secondary N) is 1. The first-order valence-corrected chi connectivity index (χ1v) is 8.17. The number of aromatic nitrogens is 1. The molecule has 1 heterocycles.